The Morgan fingerprint density at radius 1 is 0.846 bits per heavy atom. The minimum Gasteiger partial charge on any atom is -0.246 e. The Kier molecular flexibility index (Phi) is 3.12. The monoisotopic (exact) mass is 218 g/mol. The molecule has 9 heteroatoms. The molecule has 0 bridgehead atoms. The topological polar surface area (TPSA) is 9.23 Å². The average molecular weight is 218 g/mol. The van der Waals surface area contributed by atoms with Crippen molar-refractivity contribution in [3.63, 3.8) is 0 Å². The molecule has 0 rings (SSSR count). The minimum absolute atomic E-state index is 1.97. The van der Waals surface area contributed by atoms with Crippen LogP contribution in [0.3, 0.4) is 0 Å². The molecule has 0 amide bonds. The first-order valence-corrected chi connectivity index (χ1v) is 2.60. The van der Waals surface area contributed by atoms with E-state index in [-0.39, 0.29) is 0 Å². The molecule has 0 saturated heterocycles. The molecule has 0 aliphatic rings. The van der Waals surface area contributed by atoms with Crippen molar-refractivity contribution < 1.29 is 39.9 Å². The van der Waals surface area contributed by atoms with Gasteiger partial charge in [0.15, 0.2) is 6.67 Å². The fraction of sp³-hybridized carbons (Fsp3) is 1.00. The van der Waals surface area contributed by atoms with E-state index in [0.717, 1.165) is 0 Å². The standard InChI is InChI=1S/C4H2F8O/c5-1-2(6,7)13-4(11,12)3(8,9)10/h1H2. The highest BCUT2D eigenvalue weighted by atomic mass is 19.4. The van der Waals surface area contributed by atoms with Crippen LogP contribution in [-0.2, 0) is 4.74 Å². The molecular weight excluding hydrogens is 216 g/mol. The van der Waals surface area contributed by atoms with E-state index in [2.05, 4.69) is 0 Å². The quantitative estimate of drug-likeness (QED) is 0.661. The second-order valence-electron chi connectivity index (χ2n) is 1.89. The van der Waals surface area contributed by atoms with Gasteiger partial charge in [-0.05, 0) is 0 Å². The van der Waals surface area contributed by atoms with Crippen LogP contribution in [0, 0.1) is 0 Å². The van der Waals surface area contributed by atoms with E-state index >= 15 is 0 Å². The lowest BCUT2D eigenvalue weighted by molar-refractivity contribution is -0.457. The summed E-state index contributed by atoms with van der Waals surface area (Å²) in [7, 11) is 0. The molecular formula is C4H2F8O. The van der Waals surface area contributed by atoms with Crippen LogP contribution in [0.4, 0.5) is 35.1 Å². The summed E-state index contributed by atoms with van der Waals surface area (Å²) in [6.07, 6.45) is -17.5. The Morgan fingerprint density at radius 3 is 1.46 bits per heavy atom. The Balaban J connectivity index is 4.52. The molecule has 0 unspecified atom stereocenters. The van der Waals surface area contributed by atoms with Gasteiger partial charge in [-0.2, -0.15) is 30.7 Å². The fourth-order valence-electron chi connectivity index (χ4n) is 0.273. The van der Waals surface area contributed by atoms with Crippen LogP contribution in [0.1, 0.15) is 0 Å². The Hall–Kier alpha value is -0.600. The van der Waals surface area contributed by atoms with Crippen LogP contribution >= 0.6 is 0 Å². The van der Waals surface area contributed by atoms with Crippen molar-refractivity contribution in [2.75, 3.05) is 6.67 Å². The van der Waals surface area contributed by atoms with Crippen molar-refractivity contribution in [1.82, 2.24) is 0 Å². The van der Waals surface area contributed by atoms with Gasteiger partial charge < -0.3 is 0 Å². The summed E-state index contributed by atoms with van der Waals surface area (Å²) in [6.45, 7) is -2.77. The molecule has 80 valence electrons. The van der Waals surface area contributed by atoms with Gasteiger partial charge in [-0.15, -0.1) is 0 Å². The zero-order chi connectivity index (χ0) is 10.9. The molecule has 0 fully saturated rings. The molecule has 0 spiro atoms. The summed E-state index contributed by atoms with van der Waals surface area (Å²) < 4.78 is 93.0. The SMILES string of the molecule is FCC(F)(F)OC(F)(F)C(F)(F)F. The summed E-state index contributed by atoms with van der Waals surface area (Å²) in [5.41, 5.74) is 0. The molecule has 0 saturated carbocycles. The lowest BCUT2D eigenvalue weighted by Crippen LogP contribution is -2.45. The highest BCUT2D eigenvalue weighted by Gasteiger charge is 2.63. The predicted molar refractivity (Wildman–Crippen MR) is 23.0 cm³/mol. The van der Waals surface area contributed by atoms with Crippen molar-refractivity contribution in [3.8, 4) is 0 Å². The van der Waals surface area contributed by atoms with Gasteiger partial charge in [0.25, 0.3) is 0 Å². The molecule has 0 aromatic rings. The smallest absolute Gasteiger partial charge is 0.246 e. The maximum atomic E-state index is 11.6. The minimum atomic E-state index is -6.30. The van der Waals surface area contributed by atoms with Crippen molar-refractivity contribution in [1.29, 1.82) is 0 Å². The lowest BCUT2D eigenvalue weighted by Gasteiger charge is -2.23. The number of hydrogen-bond acceptors (Lipinski definition) is 1. The predicted octanol–water partition coefficient (Wildman–Crippen LogP) is 2.72. The van der Waals surface area contributed by atoms with Gasteiger partial charge in [-0.1, -0.05) is 0 Å². The molecule has 0 aliphatic heterocycles. The highest BCUT2D eigenvalue weighted by molar-refractivity contribution is 4.67. The third kappa shape index (κ3) is 3.33. The van der Waals surface area contributed by atoms with Crippen molar-refractivity contribution >= 4 is 0 Å². The summed E-state index contributed by atoms with van der Waals surface area (Å²) in [5, 5.41) is 0. The number of alkyl halides is 8. The van der Waals surface area contributed by atoms with Gasteiger partial charge in [0.2, 0.25) is 0 Å². The second-order valence-corrected chi connectivity index (χ2v) is 1.89. The Bertz CT molecular complexity index is 171. The molecule has 0 atom stereocenters. The number of ether oxygens (including phenoxy) is 1. The summed E-state index contributed by atoms with van der Waals surface area (Å²) in [5.74, 6) is 0. The maximum Gasteiger partial charge on any atom is 0.483 e. The van der Waals surface area contributed by atoms with E-state index in [0.29, 0.717) is 0 Å². The number of hydrogen-bond donors (Lipinski definition) is 0. The zero-order valence-corrected chi connectivity index (χ0v) is 5.64. The molecule has 0 aromatic carbocycles. The third-order valence-corrected chi connectivity index (χ3v) is 0.763. The van der Waals surface area contributed by atoms with Crippen LogP contribution in [0.15, 0.2) is 0 Å². The molecule has 0 aromatic heterocycles. The van der Waals surface area contributed by atoms with Crippen molar-refractivity contribution in [3.05, 3.63) is 0 Å². The molecule has 0 radical (unpaired) electrons. The van der Waals surface area contributed by atoms with Crippen LogP contribution in [0.25, 0.3) is 0 Å². The maximum absolute atomic E-state index is 11.6. The number of halogens is 8. The van der Waals surface area contributed by atoms with Gasteiger partial charge in [0, 0.05) is 0 Å². The highest BCUT2D eigenvalue weighted by Crippen LogP contribution is 2.40. The van der Waals surface area contributed by atoms with Gasteiger partial charge in [-0.3, -0.25) is 0 Å². The van der Waals surface area contributed by atoms with E-state index in [4.69, 9.17) is 0 Å². The molecule has 0 aliphatic carbocycles. The normalized spacial score (nSPS) is 14.8. The second kappa shape index (κ2) is 3.28. The molecule has 13 heavy (non-hydrogen) atoms. The lowest BCUT2D eigenvalue weighted by atomic mass is 10.6. The summed E-state index contributed by atoms with van der Waals surface area (Å²) in [4.78, 5) is 0. The van der Waals surface area contributed by atoms with Crippen LogP contribution < -0.4 is 0 Å². The summed E-state index contributed by atoms with van der Waals surface area (Å²) in [6, 6.07) is 0. The number of rotatable bonds is 3. The first kappa shape index (κ1) is 12.4. The largest absolute Gasteiger partial charge is 0.483 e. The van der Waals surface area contributed by atoms with Gasteiger partial charge in [0.1, 0.15) is 0 Å². The van der Waals surface area contributed by atoms with Gasteiger partial charge >= 0.3 is 18.4 Å². The zero-order valence-electron chi connectivity index (χ0n) is 5.64. The van der Waals surface area contributed by atoms with Gasteiger partial charge in [-0.25, -0.2) is 9.13 Å². The van der Waals surface area contributed by atoms with E-state index in [1.54, 1.807) is 0 Å². The van der Waals surface area contributed by atoms with E-state index < -0.39 is 25.1 Å². The van der Waals surface area contributed by atoms with Gasteiger partial charge in [0.05, 0.1) is 0 Å². The molecule has 0 N–H and O–H groups in total. The van der Waals surface area contributed by atoms with E-state index in [1.807, 2.05) is 4.74 Å². The first-order chi connectivity index (χ1) is 5.52. The van der Waals surface area contributed by atoms with Crippen LogP contribution in [0.5, 0.6) is 0 Å². The molecule has 0 heterocycles. The van der Waals surface area contributed by atoms with E-state index in [1.165, 1.54) is 0 Å². The third-order valence-electron chi connectivity index (χ3n) is 0.763. The van der Waals surface area contributed by atoms with Crippen LogP contribution in [0.2, 0.25) is 0 Å². The van der Waals surface area contributed by atoms with Crippen LogP contribution in [-0.4, -0.2) is 25.1 Å². The Labute approximate surface area is 66.3 Å². The Morgan fingerprint density at radius 2 is 1.23 bits per heavy atom. The fourth-order valence-corrected chi connectivity index (χ4v) is 0.273. The van der Waals surface area contributed by atoms with E-state index in [9.17, 15) is 35.1 Å². The van der Waals surface area contributed by atoms with Crippen molar-refractivity contribution in [2.24, 2.45) is 0 Å². The first-order valence-electron chi connectivity index (χ1n) is 2.60. The average Bonchev–Trinajstić information content (AvgIpc) is 1.83. The summed E-state index contributed by atoms with van der Waals surface area (Å²) >= 11 is 0. The molecule has 1 nitrogen and oxygen atoms in total. The van der Waals surface area contributed by atoms with Crippen molar-refractivity contribution in [2.45, 2.75) is 18.4 Å².